The molecule has 1 N–H and O–H groups in total. The van der Waals surface area contributed by atoms with E-state index in [0.29, 0.717) is 172 Å². The number of ketones is 1. The summed E-state index contributed by atoms with van der Waals surface area (Å²) in [6.45, 7) is 13.6. The number of Topliss-reactive ketones (excluding diaryl/α,β-unsaturated/α-hetero) is 1. The maximum Gasteiger partial charge on any atom is 0.246 e. The summed E-state index contributed by atoms with van der Waals surface area (Å²) in [5.74, 6) is -0.0409. The first-order valence-electron chi connectivity index (χ1n) is 16.3. The van der Waals surface area contributed by atoms with Crippen LogP contribution in [0, 0.1) is 0 Å². The summed E-state index contributed by atoms with van der Waals surface area (Å²) in [5.41, 5.74) is 0. The minimum Gasteiger partial charge on any atom is -0.379 e. The fourth-order valence-electron chi connectivity index (χ4n) is 3.18. The molecule has 0 atom stereocenters. The minimum atomic E-state index is -0.163. The smallest absolute Gasteiger partial charge is 0.246 e. The summed E-state index contributed by atoms with van der Waals surface area (Å²) in [6.07, 6.45) is 0.438. The van der Waals surface area contributed by atoms with E-state index in [1.165, 1.54) is 7.11 Å². The van der Waals surface area contributed by atoms with Crippen molar-refractivity contribution in [2.24, 2.45) is 0 Å². The SMILES string of the molecule is COCC(=O)NCCOCCOCCOCCOCCOCCOCCOCCOCCOCCOCCOCCOCCC(C)=O. The molecule has 0 rings (SSSR count). The van der Waals surface area contributed by atoms with E-state index in [-0.39, 0.29) is 18.3 Å². The Morgan fingerprint density at radius 1 is 0.383 bits per heavy atom. The Balaban J connectivity index is 3.06. The molecule has 0 aromatic carbocycles. The van der Waals surface area contributed by atoms with Crippen molar-refractivity contribution in [3.05, 3.63) is 0 Å². The van der Waals surface area contributed by atoms with Crippen molar-refractivity contribution in [3.8, 4) is 0 Å². The average molecular weight is 688 g/mol. The largest absolute Gasteiger partial charge is 0.379 e. The van der Waals surface area contributed by atoms with Crippen molar-refractivity contribution >= 4 is 11.7 Å². The molecule has 280 valence electrons. The number of hydrogen-bond acceptors (Lipinski definition) is 15. The molecule has 0 aromatic heterocycles. The first kappa shape index (κ1) is 45.6. The van der Waals surface area contributed by atoms with E-state index in [2.05, 4.69) is 5.32 Å². The number of rotatable bonds is 41. The van der Waals surface area contributed by atoms with Gasteiger partial charge in [-0.3, -0.25) is 9.59 Å². The monoisotopic (exact) mass is 687 g/mol. The van der Waals surface area contributed by atoms with Gasteiger partial charge < -0.3 is 66.9 Å². The number of ether oxygens (including phenoxy) is 13. The summed E-state index contributed by atoms with van der Waals surface area (Å²) in [5, 5.41) is 2.67. The van der Waals surface area contributed by atoms with Crippen LogP contribution in [0.5, 0.6) is 0 Å². The molecule has 0 bridgehead atoms. The molecule has 0 fully saturated rings. The van der Waals surface area contributed by atoms with Crippen LogP contribution in [0.4, 0.5) is 0 Å². The summed E-state index contributed by atoms with van der Waals surface area (Å²) in [6, 6.07) is 0. The van der Waals surface area contributed by atoms with Crippen molar-refractivity contribution in [2.75, 3.05) is 179 Å². The Labute approximate surface area is 280 Å². The molecule has 0 saturated heterocycles. The second-order valence-electron chi connectivity index (χ2n) is 9.58. The van der Waals surface area contributed by atoms with Gasteiger partial charge >= 0.3 is 0 Å². The van der Waals surface area contributed by atoms with Gasteiger partial charge in [0.15, 0.2) is 0 Å². The Bertz CT molecular complexity index is 648. The van der Waals surface area contributed by atoms with Gasteiger partial charge in [0.05, 0.1) is 159 Å². The first-order valence-corrected chi connectivity index (χ1v) is 16.3. The maximum absolute atomic E-state index is 11.2. The van der Waals surface area contributed by atoms with Crippen molar-refractivity contribution in [3.63, 3.8) is 0 Å². The number of nitrogens with one attached hydrogen (secondary N) is 1. The molecule has 0 aliphatic carbocycles. The average Bonchev–Trinajstić information content (AvgIpc) is 3.05. The van der Waals surface area contributed by atoms with Gasteiger partial charge in [-0.25, -0.2) is 0 Å². The molecule has 1 amide bonds. The van der Waals surface area contributed by atoms with E-state index in [1.54, 1.807) is 6.92 Å². The van der Waals surface area contributed by atoms with Crippen LogP contribution in [0.25, 0.3) is 0 Å². The predicted molar refractivity (Wildman–Crippen MR) is 170 cm³/mol. The lowest BCUT2D eigenvalue weighted by atomic mass is 10.3. The van der Waals surface area contributed by atoms with Gasteiger partial charge in [0.25, 0.3) is 0 Å². The molecule has 0 heterocycles. The normalized spacial score (nSPS) is 11.4. The Morgan fingerprint density at radius 2 is 0.617 bits per heavy atom. The molecule has 0 radical (unpaired) electrons. The van der Waals surface area contributed by atoms with E-state index in [9.17, 15) is 9.59 Å². The zero-order valence-corrected chi connectivity index (χ0v) is 28.7. The quantitative estimate of drug-likeness (QED) is 0.0848. The van der Waals surface area contributed by atoms with E-state index in [4.69, 9.17) is 61.6 Å². The van der Waals surface area contributed by atoms with E-state index >= 15 is 0 Å². The molecule has 16 heteroatoms. The zero-order valence-electron chi connectivity index (χ0n) is 28.7. The molecule has 0 spiro atoms. The Kier molecular flexibility index (Phi) is 39.6. The van der Waals surface area contributed by atoms with E-state index in [1.807, 2.05) is 0 Å². The highest BCUT2D eigenvalue weighted by Crippen LogP contribution is 1.88. The van der Waals surface area contributed by atoms with Crippen LogP contribution in [0.1, 0.15) is 13.3 Å². The molecular formula is C31H61NO15. The molecule has 0 aliphatic rings. The number of carbonyl (C=O) groups excluding carboxylic acids is 2. The van der Waals surface area contributed by atoms with Crippen LogP contribution < -0.4 is 5.32 Å². The first-order chi connectivity index (χ1) is 23.2. The number of hydrogen-bond donors (Lipinski definition) is 1. The molecule has 16 nitrogen and oxygen atoms in total. The predicted octanol–water partition coefficient (Wildman–Crippen LogP) is -0.0727. The van der Waals surface area contributed by atoms with Gasteiger partial charge in [-0.05, 0) is 6.92 Å². The van der Waals surface area contributed by atoms with Gasteiger partial charge in [-0.15, -0.1) is 0 Å². The molecule has 0 aromatic rings. The van der Waals surface area contributed by atoms with Crippen molar-refractivity contribution in [1.29, 1.82) is 0 Å². The van der Waals surface area contributed by atoms with Crippen LogP contribution in [0.3, 0.4) is 0 Å². The van der Waals surface area contributed by atoms with Crippen molar-refractivity contribution in [1.82, 2.24) is 5.32 Å². The lowest BCUT2D eigenvalue weighted by molar-refractivity contribution is -0.125. The zero-order chi connectivity index (χ0) is 34.1. The highest BCUT2D eigenvalue weighted by atomic mass is 16.6. The van der Waals surface area contributed by atoms with Gasteiger partial charge in [-0.2, -0.15) is 0 Å². The summed E-state index contributed by atoms with van der Waals surface area (Å²) < 4.78 is 69.7. The van der Waals surface area contributed by atoms with Crippen LogP contribution in [0.2, 0.25) is 0 Å². The Morgan fingerprint density at radius 3 is 0.851 bits per heavy atom. The summed E-state index contributed by atoms with van der Waals surface area (Å²) >= 11 is 0. The molecular weight excluding hydrogens is 626 g/mol. The summed E-state index contributed by atoms with van der Waals surface area (Å²) in [7, 11) is 1.47. The van der Waals surface area contributed by atoms with Crippen molar-refractivity contribution < 1.29 is 71.2 Å². The standard InChI is InChI=1S/C31H61NO15/c1-30(33)3-5-36-7-9-38-11-13-40-15-17-42-19-21-44-23-25-46-27-28-47-26-24-45-22-20-43-18-16-41-14-12-39-10-8-37-6-4-32-31(34)29-35-2/h3-29H2,1-2H3,(H,32,34). The lowest BCUT2D eigenvalue weighted by Crippen LogP contribution is -2.30. The van der Waals surface area contributed by atoms with Gasteiger partial charge in [0, 0.05) is 20.1 Å². The molecule has 47 heavy (non-hydrogen) atoms. The molecule has 0 aliphatic heterocycles. The fourth-order valence-corrected chi connectivity index (χ4v) is 3.18. The third kappa shape index (κ3) is 42.6. The second kappa shape index (κ2) is 40.8. The van der Waals surface area contributed by atoms with Gasteiger partial charge in [-0.1, -0.05) is 0 Å². The van der Waals surface area contributed by atoms with Crippen molar-refractivity contribution in [2.45, 2.75) is 13.3 Å². The van der Waals surface area contributed by atoms with Gasteiger partial charge in [0.2, 0.25) is 5.91 Å². The second-order valence-corrected chi connectivity index (χ2v) is 9.58. The maximum atomic E-state index is 11.2. The minimum absolute atomic E-state index is 0.0504. The Hall–Kier alpha value is -1.38. The molecule has 0 saturated carbocycles. The fraction of sp³-hybridized carbons (Fsp3) is 0.935. The number of carbonyl (C=O) groups is 2. The van der Waals surface area contributed by atoms with Crippen LogP contribution in [0.15, 0.2) is 0 Å². The topological polar surface area (TPSA) is 166 Å². The van der Waals surface area contributed by atoms with E-state index < -0.39 is 0 Å². The highest BCUT2D eigenvalue weighted by Gasteiger charge is 1.99. The third-order valence-corrected chi connectivity index (χ3v) is 5.53. The lowest BCUT2D eigenvalue weighted by Gasteiger charge is -2.09. The van der Waals surface area contributed by atoms with E-state index in [0.717, 1.165) is 0 Å². The number of methoxy groups -OCH3 is 1. The third-order valence-electron chi connectivity index (χ3n) is 5.53. The number of amides is 1. The summed E-state index contributed by atoms with van der Waals surface area (Å²) in [4.78, 5) is 21.9. The highest BCUT2D eigenvalue weighted by molar-refractivity contribution is 5.77. The van der Waals surface area contributed by atoms with Crippen LogP contribution in [-0.2, 0) is 71.2 Å². The van der Waals surface area contributed by atoms with Crippen LogP contribution >= 0.6 is 0 Å². The van der Waals surface area contributed by atoms with Gasteiger partial charge in [0.1, 0.15) is 12.4 Å². The molecule has 0 unspecified atom stereocenters. The van der Waals surface area contributed by atoms with Crippen LogP contribution in [-0.4, -0.2) is 191 Å².